The first kappa shape index (κ1) is 26.4. The van der Waals surface area contributed by atoms with Crippen LogP contribution in [0.25, 0.3) is 0 Å². The minimum atomic E-state index is -0.234. The van der Waals surface area contributed by atoms with Crippen molar-refractivity contribution in [3.63, 3.8) is 0 Å². The lowest BCUT2D eigenvalue weighted by molar-refractivity contribution is -0.191. The third kappa shape index (κ3) is 7.20. The van der Waals surface area contributed by atoms with E-state index >= 15 is 0 Å². The van der Waals surface area contributed by atoms with Crippen molar-refractivity contribution in [1.82, 2.24) is 0 Å². The number of benzene rings is 2. The molecule has 1 aliphatic carbocycles. The Balaban J connectivity index is 1.40. The highest BCUT2D eigenvalue weighted by Crippen LogP contribution is 2.40. The summed E-state index contributed by atoms with van der Waals surface area (Å²) in [6.45, 7) is 8.43. The van der Waals surface area contributed by atoms with Crippen LogP contribution in [0.15, 0.2) is 42.5 Å². The molecule has 1 heterocycles. The van der Waals surface area contributed by atoms with Gasteiger partial charge in [-0.1, -0.05) is 108 Å². The van der Waals surface area contributed by atoms with E-state index in [9.17, 15) is 0 Å². The van der Waals surface area contributed by atoms with Crippen LogP contribution >= 0.6 is 0 Å². The van der Waals surface area contributed by atoms with E-state index in [0.717, 1.165) is 18.8 Å². The number of aryl methyl sites for hydroxylation is 1. The molecular formula is C33H48O2. The molecule has 2 fully saturated rings. The summed E-state index contributed by atoms with van der Waals surface area (Å²) in [5.74, 6) is 1.67. The summed E-state index contributed by atoms with van der Waals surface area (Å²) in [5.41, 5.74) is 7.16. The largest absolute Gasteiger partial charge is 0.348 e. The number of hydrogen-bond acceptors (Lipinski definition) is 2. The number of rotatable bonds is 11. The number of ether oxygens (including phenoxy) is 2. The van der Waals surface area contributed by atoms with Crippen molar-refractivity contribution in [2.45, 2.75) is 122 Å². The average molecular weight is 477 g/mol. The summed E-state index contributed by atoms with van der Waals surface area (Å²) in [7, 11) is 0. The zero-order chi connectivity index (χ0) is 24.5. The van der Waals surface area contributed by atoms with Crippen LogP contribution in [0.5, 0.6) is 0 Å². The van der Waals surface area contributed by atoms with E-state index < -0.39 is 0 Å². The highest BCUT2D eigenvalue weighted by molar-refractivity contribution is 5.39. The normalized spacial score (nSPS) is 22.3. The van der Waals surface area contributed by atoms with Crippen LogP contribution in [0.2, 0.25) is 0 Å². The minimum Gasteiger partial charge on any atom is -0.348 e. The molecule has 2 aromatic carbocycles. The van der Waals surface area contributed by atoms with Crippen molar-refractivity contribution < 1.29 is 9.47 Å². The Morgan fingerprint density at radius 2 is 1.51 bits per heavy atom. The van der Waals surface area contributed by atoms with Gasteiger partial charge in [0.25, 0.3) is 0 Å². The molecule has 1 saturated heterocycles. The second-order valence-electron chi connectivity index (χ2n) is 11.2. The quantitative estimate of drug-likeness (QED) is 0.301. The van der Waals surface area contributed by atoms with E-state index in [-0.39, 0.29) is 6.29 Å². The van der Waals surface area contributed by atoms with Crippen molar-refractivity contribution in [2.24, 2.45) is 0 Å². The Morgan fingerprint density at radius 3 is 2.20 bits per heavy atom. The third-order valence-corrected chi connectivity index (χ3v) is 8.35. The van der Waals surface area contributed by atoms with E-state index in [1.54, 1.807) is 5.56 Å². The first-order valence-corrected chi connectivity index (χ1v) is 14.6. The molecular weight excluding hydrogens is 428 g/mol. The highest BCUT2D eigenvalue weighted by atomic mass is 16.7. The summed E-state index contributed by atoms with van der Waals surface area (Å²) in [4.78, 5) is 0. The van der Waals surface area contributed by atoms with Crippen LogP contribution in [-0.4, -0.2) is 13.2 Å². The summed E-state index contributed by atoms with van der Waals surface area (Å²) in [6, 6.07) is 16.3. The molecule has 1 unspecified atom stereocenters. The molecule has 0 bridgehead atoms. The van der Waals surface area contributed by atoms with Gasteiger partial charge in [-0.2, -0.15) is 0 Å². The first-order valence-electron chi connectivity index (χ1n) is 14.6. The van der Waals surface area contributed by atoms with E-state index in [4.69, 9.17) is 9.47 Å². The molecule has 1 atom stereocenters. The van der Waals surface area contributed by atoms with Crippen LogP contribution in [0, 0.1) is 0 Å². The molecule has 1 aliphatic heterocycles. The first-order chi connectivity index (χ1) is 17.2. The van der Waals surface area contributed by atoms with Gasteiger partial charge >= 0.3 is 0 Å². The third-order valence-electron chi connectivity index (χ3n) is 8.35. The Labute approximate surface area is 214 Å². The average Bonchev–Trinajstić information content (AvgIpc) is 2.92. The van der Waals surface area contributed by atoms with Gasteiger partial charge in [-0.25, -0.2) is 0 Å². The predicted molar refractivity (Wildman–Crippen MR) is 147 cm³/mol. The number of unbranched alkanes of at least 4 members (excludes halogenated alkanes) is 3. The van der Waals surface area contributed by atoms with Crippen LogP contribution in [-0.2, 0) is 15.9 Å². The maximum Gasteiger partial charge on any atom is 0.183 e. The maximum atomic E-state index is 6.32. The number of hydrogen-bond donors (Lipinski definition) is 0. The molecule has 2 aliphatic rings. The summed E-state index contributed by atoms with van der Waals surface area (Å²) >= 11 is 0. The van der Waals surface area contributed by atoms with E-state index in [2.05, 4.69) is 63.2 Å². The monoisotopic (exact) mass is 476 g/mol. The smallest absolute Gasteiger partial charge is 0.183 e. The Hall–Kier alpha value is -1.64. The fraction of sp³-hybridized carbons (Fsp3) is 0.636. The summed E-state index contributed by atoms with van der Waals surface area (Å²) in [6.07, 6.45) is 15.5. The van der Waals surface area contributed by atoms with Crippen molar-refractivity contribution in [1.29, 1.82) is 0 Å². The molecule has 0 spiro atoms. The van der Waals surface area contributed by atoms with Crippen molar-refractivity contribution in [3.05, 3.63) is 70.3 Å². The van der Waals surface area contributed by atoms with Crippen LogP contribution in [0.3, 0.4) is 0 Å². The standard InChI is InChI=1S/C33H48O2/c1-4-6-7-9-13-26-16-18-28(19-17-26)33-34-23-30(24-35-33)31-21-20-29(25(3)12-5-2)22-32(31)27-14-10-8-11-15-27/h16-22,25,27,30,33H,4-15,23-24H2,1-3H3/t25?,30-,33-. The van der Waals surface area contributed by atoms with Crippen LogP contribution < -0.4 is 0 Å². The lowest BCUT2D eigenvalue weighted by atomic mass is 9.78. The summed E-state index contributed by atoms with van der Waals surface area (Å²) < 4.78 is 12.6. The fourth-order valence-electron chi connectivity index (χ4n) is 6.11. The topological polar surface area (TPSA) is 18.5 Å². The molecule has 0 amide bonds. The van der Waals surface area contributed by atoms with E-state index in [0.29, 0.717) is 17.8 Å². The molecule has 192 valence electrons. The van der Waals surface area contributed by atoms with Crippen molar-refractivity contribution in [3.8, 4) is 0 Å². The molecule has 0 N–H and O–H groups in total. The van der Waals surface area contributed by atoms with Crippen molar-refractivity contribution in [2.75, 3.05) is 13.2 Å². The lowest BCUT2D eigenvalue weighted by Gasteiger charge is -2.33. The maximum absolute atomic E-state index is 6.32. The summed E-state index contributed by atoms with van der Waals surface area (Å²) in [5, 5.41) is 0. The second-order valence-corrected chi connectivity index (χ2v) is 11.2. The van der Waals surface area contributed by atoms with Gasteiger partial charge in [-0.05, 0) is 66.2 Å². The Bertz CT molecular complexity index is 872. The minimum absolute atomic E-state index is 0.234. The molecule has 2 nitrogen and oxygen atoms in total. The molecule has 2 aromatic rings. The van der Waals surface area contributed by atoms with E-state index in [1.165, 1.54) is 93.7 Å². The SMILES string of the molecule is CCCCCCc1ccc([C@H]2OC[C@H](c3ccc(C(C)CCC)cc3C3CCCCC3)CO2)cc1. The lowest BCUT2D eigenvalue weighted by Crippen LogP contribution is -2.27. The molecule has 4 rings (SSSR count). The van der Waals surface area contributed by atoms with Gasteiger partial charge in [-0.3, -0.25) is 0 Å². The Kier molecular flexibility index (Phi) is 10.3. The van der Waals surface area contributed by atoms with Crippen LogP contribution in [0.4, 0.5) is 0 Å². The van der Waals surface area contributed by atoms with Gasteiger partial charge in [0.1, 0.15) is 0 Å². The van der Waals surface area contributed by atoms with Gasteiger partial charge in [0, 0.05) is 11.5 Å². The molecule has 0 radical (unpaired) electrons. The Morgan fingerprint density at radius 1 is 0.771 bits per heavy atom. The molecule has 2 heteroatoms. The predicted octanol–water partition coefficient (Wildman–Crippen LogP) is 9.59. The van der Waals surface area contributed by atoms with Gasteiger partial charge in [0.05, 0.1) is 13.2 Å². The molecule has 0 aromatic heterocycles. The van der Waals surface area contributed by atoms with Gasteiger partial charge in [0.2, 0.25) is 0 Å². The highest BCUT2D eigenvalue weighted by Gasteiger charge is 2.29. The van der Waals surface area contributed by atoms with Gasteiger partial charge in [-0.15, -0.1) is 0 Å². The fourth-order valence-corrected chi connectivity index (χ4v) is 6.11. The van der Waals surface area contributed by atoms with Crippen LogP contribution in [0.1, 0.15) is 143 Å². The van der Waals surface area contributed by atoms with Crippen molar-refractivity contribution >= 4 is 0 Å². The second kappa shape index (κ2) is 13.6. The molecule has 1 saturated carbocycles. The van der Waals surface area contributed by atoms with Gasteiger partial charge < -0.3 is 9.47 Å². The molecule has 35 heavy (non-hydrogen) atoms. The zero-order valence-corrected chi connectivity index (χ0v) is 22.6. The van der Waals surface area contributed by atoms with Gasteiger partial charge in [0.15, 0.2) is 6.29 Å². The van der Waals surface area contributed by atoms with E-state index in [1.807, 2.05) is 0 Å². The zero-order valence-electron chi connectivity index (χ0n) is 22.6.